The van der Waals surface area contributed by atoms with Crippen molar-refractivity contribution >= 4 is 5.97 Å². The standard InChI is InChI=1S/C11H13F2NO3/c1-17-10-5-8(13)7(12)4-6(10)9(14)2-3-11(15)16/h4-5,9H,2-3,14H2,1H3,(H,15,16). The number of halogens is 2. The molecule has 0 spiro atoms. The Labute approximate surface area is 97.0 Å². The van der Waals surface area contributed by atoms with E-state index in [4.69, 9.17) is 15.6 Å². The number of aliphatic carboxylic acids is 1. The third kappa shape index (κ3) is 3.39. The quantitative estimate of drug-likeness (QED) is 0.830. The fourth-order valence-electron chi connectivity index (χ4n) is 1.44. The lowest BCUT2D eigenvalue weighted by Crippen LogP contribution is -2.14. The number of ether oxygens (including phenoxy) is 1. The van der Waals surface area contributed by atoms with E-state index in [1.807, 2.05) is 0 Å². The highest BCUT2D eigenvalue weighted by molar-refractivity contribution is 5.66. The molecule has 1 atom stereocenters. The zero-order valence-electron chi connectivity index (χ0n) is 9.24. The predicted octanol–water partition coefficient (Wildman–Crippen LogP) is 1.84. The number of carboxylic acids is 1. The van der Waals surface area contributed by atoms with Gasteiger partial charge in [-0.25, -0.2) is 8.78 Å². The third-order valence-corrected chi connectivity index (χ3v) is 2.34. The van der Waals surface area contributed by atoms with E-state index in [1.54, 1.807) is 0 Å². The summed E-state index contributed by atoms with van der Waals surface area (Å²) in [6, 6.07) is 1.11. The third-order valence-electron chi connectivity index (χ3n) is 2.34. The molecule has 3 N–H and O–H groups in total. The van der Waals surface area contributed by atoms with Crippen LogP contribution in [0.1, 0.15) is 24.4 Å². The topological polar surface area (TPSA) is 72.5 Å². The maximum absolute atomic E-state index is 13.1. The van der Waals surface area contributed by atoms with Crippen LogP contribution >= 0.6 is 0 Å². The number of carbonyl (C=O) groups is 1. The van der Waals surface area contributed by atoms with Crippen molar-refractivity contribution < 1.29 is 23.4 Å². The molecule has 0 saturated carbocycles. The minimum absolute atomic E-state index is 0.113. The lowest BCUT2D eigenvalue weighted by molar-refractivity contribution is -0.137. The van der Waals surface area contributed by atoms with Crippen molar-refractivity contribution in [3.05, 3.63) is 29.3 Å². The smallest absolute Gasteiger partial charge is 0.303 e. The molecule has 0 aromatic heterocycles. The number of rotatable bonds is 5. The van der Waals surface area contributed by atoms with Gasteiger partial charge in [0.15, 0.2) is 11.6 Å². The number of hydrogen-bond acceptors (Lipinski definition) is 3. The van der Waals surface area contributed by atoms with E-state index in [-0.39, 0.29) is 24.2 Å². The molecule has 94 valence electrons. The fourth-order valence-corrected chi connectivity index (χ4v) is 1.44. The number of methoxy groups -OCH3 is 1. The molecule has 0 bridgehead atoms. The van der Waals surface area contributed by atoms with Crippen LogP contribution in [-0.2, 0) is 4.79 Å². The molecule has 0 radical (unpaired) electrons. The molecule has 1 aromatic carbocycles. The molecular formula is C11H13F2NO3. The molecule has 17 heavy (non-hydrogen) atoms. The number of nitrogens with two attached hydrogens (primary N) is 1. The summed E-state index contributed by atoms with van der Waals surface area (Å²) in [6.07, 6.45) is -0.0277. The lowest BCUT2D eigenvalue weighted by Gasteiger charge is -2.15. The van der Waals surface area contributed by atoms with Gasteiger partial charge >= 0.3 is 5.97 Å². The molecule has 4 nitrogen and oxygen atoms in total. The van der Waals surface area contributed by atoms with Crippen molar-refractivity contribution in [2.45, 2.75) is 18.9 Å². The molecule has 0 aliphatic carbocycles. The summed E-state index contributed by atoms with van der Waals surface area (Å²) in [6.45, 7) is 0. The summed E-state index contributed by atoms with van der Waals surface area (Å²) in [4.78, 5) is 10.4. The van der Waals surface area contributed by atoms with Gasteiger partial charge in [0.25, 0.3) is 0 Å². The molecule has 1 rings (SSSR count). The van der Waals surface area contributed by atoms with Crippen LogP contribution in [0.4, 0.5) is 8.78 Å². The molecule has 1 unspecified atom stereocenters. The second kappa shape index (κ2) is 5.58. The molecule has 0 heterocycles. The maximum atomic E-state index is 13.1. The molecule has 0 amide bonds. The predicted molar refractivity (Wildman–Crippen MR) is 56.7 cm³/mol. The van der Waals surface area contributed by atoms with Gasteiger partial charge in [0, 0.05) is 24.1 Å². The highest BCUT2D eigenvalue weighted by Gasteiger charge is 2.17. The van der Waals surface area contributed by atoms with E-state index < -0.39 is 23.6 Å². The van der Waals surface area contributed by atoms with Gasteiger partial charge in [-0.3, -0.25) is 4.79 Å². The summed E-state index contributed by atoms with van der Waals surface area (Å²) in [7, 11) is 1.31. The average molecular weight is 245 g/mol. The summed E-state index contributed by atoms with van der Waals surface area (Å²) in [5.74, 6) is -2.95. The van der Waals surface area contributed by atoms with Crippen molar-refractivity contribution in [1.82, 2.24) is 0 Å². The van der Waals surface area contributed by atoms with Gasteiger partial charge in [0.05, 0.1) is 7.11 Å². The van der Waals surface area contributed by atoms with Gasteiger partial charge in [-0.1, -0.05) is 0 Å². The summed E-state index contributed by atoms with van der Waals surface area (Å²) < 4.78 is 30.9. The van der Waals surface area contributed by atoms with Crippen LogP contribution in [0.2, 0.25) is 0 Å². The zero-order chi connectivity index (χ0) is 13.0. The maximum Gasteiger partial charge on any atom is 0.303 e. The first-order chi connectivity index (χ1) is 7.95. The van der Waals surface area contributed by atoms with Crippen molar-refractivity contribution in [3.8, 4) is 5.75 Å². The first-order valence-electron chi connectivity index (χ1n) is 4.96. The molecule has 1 aromatic rings. The Morgan fingerprint density at radius 3 is 2.59 bits per heavy atom. The second-order valence-electron chi connectivity index (χ2n) is 3.55. The normalized spacial score (nSPS) is 12.2. The number of benzene rings is 1. The molecule has 0 aliphatic rings. The van der Waals surface area contributed by atoms with Crippen LogP contribution < -0.4 is 10.5 Å². The molecule has 6 heteroatoms. The lowest BCUT2D eigenvalue weighted by atomic mass is 10.0. The Morgan fingerprint density at radius 2 is 2.06 bits per heavy atom. The van der Waals surface area contributed by atoms with Gasteiger partial charge in [-0.15, -0.1) is 0 Å². The van der Waals surface area contributed by atoms with Crippen LogP contribution in [0.5, 0.6) is 5.75 Å². The van der Waals surface area contributed by atoms with Crippen LogP contribution in [-0.4, -0.2) is 18.2 Å². The Bertz CT molecular complexity index is 423. The van der Waals surface area contributed by atoms with Gasteiger partial charge in [0.2, 0.25) is 0 Å². The van der Waals surface area contributed by atoms with E-state index >= 15 is 0 Å². The van der Waals surface area contributed by atoms with E-state index in [0.29, 0.717) is 0 Å². The molecule has 0 saturated heterocycles. The van der Waals surface area contributed by atoms with Gasteiger partial charge in [0.1, 0.15) is 5.75 Å². The van der Waals surface area contributed by atoms with Crippen LogP contribution in [0.3, 0.4) is 0 Å². The highest BCUT2D eigenvalue weighted by Crippen LogP contribution is 2.28. The van der Waals surface area contributed by atoms with Crippen LogP contribution in [0, 0.1) is 11.6 Å². The minimum atomic E-state index is -1.04. The van der Waals surface area contributed by atoms with Gasteiger partial charge in [-0.2, -0.15) is 0 Å². The average Bonchev–Trinajstić information content (AvgIpc) is 2.28. The monoisotopic (exact) mass is 245 g/mol. The molecule has 0 fully saturated rings. The van der Waals surface area contributed by atoms with Gasteiger partial charge in [-0.05, 0) is 12.5 Å². The van der Waals surface area contributed by atoms with Crippen LogP contribution in [0.25, 0.3) is 0 Å². The summed E-state index contributed by atoms with van der Waals surface area (Å²) in [5, 5.41) is 8.51. The fraction of sp³-hybridized carbons (Fsp3) is 0.364. The number of carboxylic acid groups (broad SMARTS) is 1. The van der Waals surface area contributed by atoms with Gasteiger partial charge < -0.3 is 15.6 Å². The highest BCUT2D eigenvalue weighted by atomic mass is 19.2. The van der Waals surface area contributed by atoms with Crippen molar-refractivity contribution in [2.24, 2.45) is 5.73 Å². The van der Waals surface area contributed by atoms with Crippen molar-refractivity contribution in [1.29, 1.82) is 0 Å². The summed E-state index contributed by atoms with van der Waals surface area (Å²) in [5.41, 5.74) is 5.96. The number of hydrogen-bond donors (Lipinski definition) is 2. The van der Waals surface area contributed by atoms with Crippen LogP contribution in [0.15, 0.2) is 12.1 Å². The first-order valence-corrected chi connectivity index (χ1v) is 4.96. The SMILES string of the molecule is COc1cc(F)c(F)cc1C(N)CCC(=O)O. The van der Waals surface area contributed by atoms with E-state index in [9.17, 15) is 13.6 Å². The Kier molecular flexibility index (Phi) is 4.39. The Hall–Kier alpha value is -1.69. The van der Waals surface area contributed by atoms with E-state index in [0.717, 1.165) is 12.1 Å². The first kappa shape index (κ1) is 13.4. The summed E-state index contributed by atoms with van der Waals surface area (Å²) >= 11 is 0. The zero-order valence-corrected chi connectivity index (χ0v) is 9.24. The van der Waals surface area contributed by atoms with Crippen molar-refractivity contribution in [3.63, 3.8) is 0 Å². The molecule has 0 aliphatic heterocycles. The Balaban J connectivity index is 2.95. The molecular weight excluding hydrogens is 232 g/mol. The largest absolute Gasteiger partial charge is 0.496 e. The van der Waals surface area contributed by atoms with Crippen molar-refractivity contribution in [2.75, 3.05) is 7.11 Å². The Morgan fingerprint density at radius 1 is 1.47 bits per heavy atom. The minimum Gasteiger partial charge on any atom is -0.496 e. The van der Waals surface area contributed by atoms with E-state index in [2.05, 4.69) is 0 Å². The van der Waals surface area contributed by atoms with E-state index in [1.165, 1.54) is 7.11 Å². The second-order valence-corrected chi connectivity index (χ2v) is 3.55.